The van der Waals surface area contributed by atoms with Crippen LogP contribution in [-0.4, -0.2) is 46.8 Å². The van der Waals surface area contributed by atoms with Gasteiger partial charge in [0.1, 0.15) is 5.75 Å². The van der Waals surface area contributed by atoms with Crippen molar-refractivity contribution in [1.29, 1.82) is 0 Å². The predicted molar refractivity (Wildman–Crippen MR) is 120 cm³/mol. The first-order valence-corrected chi connectivity index (χ1v) is 10.8. The van der Waals surface area contributed by atoms with Crippen LogP contribution in [0.15, 0.2) is 53.3 Å². The smallest absolute Gasteiger partial charge is 0.274 e. The van der Waals surface area contributed by atoms with E-state index in [1.54, 1.807) is 0 Å². The molecule has 3 aromatic rings. The summed E-state index contributed by atoms with van der Waals surface area (Å²) in [5, 5.41) is 8.85. The average molecular weight is 421 g/mol. The maximum atomic E-state index is 12.9. The van der Waals surface area contributed by atoms with Crippen LogP contribution in [0, 0.1) is 6.92 Å². The molecule has 0 atom stereocenters. The lowest BCUT2D eigenvalue weighted by Gasteiger charge is -2.16. The Balaban J connectivity index is 1.44. The molecule has 1 fully saturated rings. The number of likely N-dealkylation sites (tertiary alicyclic amines) is 1. The van der Waals surface area contributed by atoms with Crippen LogP contribution in [0.2, 0.25) is 0 Å². The molecule has 7 nitrogen and oxygen atoms in total. The van der Waals surface area contributed by atoms with Gasteiger partial charge in [0.25, 0.3) is 11.5 Å². The normalized spacial score (nSPS) is 14.1. The van der Waals surface area contributed by atoms with Crippen molar-refractivity contribution in [2.24, 2.45) is 0 Å². The molecule has 0 saturated carbocycles. The molecular weight excluding hydrogens is 392 g/mol. The standard InChI is InChI=1S/C24H28N4O3/c1-18-7-6-8-19(15-18)31-17-23(29)25-16-22-20-9-2-3-10-21(20)24(30)28(26-22)14-13-27-11-4-5-12-27/h2-3,6-10,15H,4-5,11-14,16-17H2,1H3,(H,25,29). The number of fused-ring (bicyclic) bond motifs is 1. The van der Waals surface area contributed by atoms with Crippen molar-refractivity contribution >= 4 is 16.7 Å². The van der Waals surface area contributed by atoms with Crippen LogP contribution in [0.4, 0.5) is 0 Å². The highest BCUT2D eigenvalue weighted by Crippen LogP contribution is 2.14. The summed E-state index contributed by atoms with van der Waals surface area (Å²) in [4.78, 5) is 27.6. The number of nitrogens with one attached hydrogen (secondary N) is 1. The molecule has 162 valence electrons. The van der Waals surface area contributed by atoms with Gasteiger partial charge in [0, 0.05) is 11.9 Å². The molecule has 31 heavy (non-hydrogen) atoms. The number of nitrogens with zero attached hydrogens (tertiary/aromatic N) is 3. The van der Waals surface area contributed by atoms with E-state index in [1.807, 2.05) is 55.5 Å². The van der Waals surface area contributed by atoms with Crippen molar-refractivity contribution < 1.29 is 9.53 Å². The van der Waals surface area contributed by atoms with Crippen LogP contribution < -0.4 is 15.6 Å². The van der Waals surface area contributed by atoms with Gasteiger partial charge in [-0.15, -0.1) is 0 Å². The molecule has 2 aromatic carbocycles. The highest BCUT2D eigenvalue weighted by Gasteiger charge is 2.15. The Morgan fingerprint density at radius 3 is 2.61 bits per heavy atom. The van der Waals surface area contributed by atoms with Crippen molar-refractivity contribution in [3.05, 3.63) is 70.1 Å². The van der Waals surface area contributed by atoms with Crippen molar-refractivity contribution in [2.45, 2.75) is 32.9 Å². The first-order chi connectivity index (χ1) is 15.1. The van der Waals surface area contributed by atoms with Gasteiger partial charge in [-0.25, -0.2) is 4.68 Å². The van der Waals surface area contributed by atoms with Crippen molar-refractivity contribution in [2.75, 3.05) is 26.2 Å². The second kappa shape index (κ2) is 9.75. The van der Waals surface area contributed by atoms with Crippen LogP contribution in [0.5, 0.6) is 5.75 Å². The predicted octanol–water partition coefficient (Wildman–Crippen LogP) is 2.50. The Morgan fingerprint density at radius 1 is 1.06 bits per heavy atom. The quantitative estimate of drug-likeness (QED) is 0.606. The lowest BCUT2D eigenvalue weighted by molar-refractivity contribution is -0.123. The number of carbonyl (C=O) groups excluding carboxylic acids is 1. The molecule has 0 spiro atoms. The Morgan fingerprint density at radius 2 is 1.84 bits per heavy atom. The van der Waals surface area contributed by atoms with Crippen LogP contribution in [0.1, 0.15) is 24.1 Å². The minimum atomic E-state index is -0.234. The third-order valence-electron chi connectivity index (χ3n) is 5.58. The Bertz CT molecular complexity index is 1120. The molecule has 1 amide bonds. The van der Waals surface area contributed by atoms with Gasteiger partial charge in [-0.2, -0.15) is 5.10 Å². The maximum Gasteiger partial charge on any atom is 0.274 e. The first-order valence-electron chi connectivity index (χ1n) is 10.8. The Hall–Kier alpha value is -3.19. The molecule has 1 aromatic heterocycles. The van der Waals surface area contributed by atoms with Crippen LogP contribution in [0.3, 0.4) is 0 Å². The van der Waals surface area contributed by atoms with Crippen molar-refractivity contribution in [3.63, 3.8) is 0 Å². The van der Waals surface area contributed by atoms with E-state index in [-0.39, 0.29) is 24.6 Å². The molecule has 4 rings (SSSR count). The second-order valence-electron chi connectivity index (χ2n) is 7.95. The minimum absolute atomic E-state index is 0.0734. The number of amides is 1. The van der Waals surface area contributed by atoms with E-state index >= 15 is 0 Å². The molecule has 0 radical (unpaired) electrons. The Kier molecular flexibility index (Phi) is 6.62. The summed E-state index contributed by atoms with van der Waals surface area (Å²) in [5.74, 6) is 0.427. The molecule has 1 aliphatic rings. The highest BCUT2D eigenvalue weighted by atomic mass is 16.5. The van der Waals surface area contributed by atoms with Gasteiger partial charge in [-0.05, 0) is 56.6 Å². The van der Waals surface area contributed by atoms with Gasteiger partial charge in [0.05, 0.1) is 24.2 Å². The molecular formula is C24H28N4O3. The van der Waals surface area contributed by atoms with Crippen molar-refractivity contribution in [1.82, 2.24) is 20.0 Å². The van der Waals surface area contributed by atoms with E-state index in [4.69, 9.17) is 4.74 Å². The van der Waals surface area contributed by atoms with E-state index in [9.17, 15) is 9.59 Å². The summed E-state index contributed by atoms with van der Waals surface area (Å²) in [6.45, 7) is 5.64. The number of aryl methyl sites for hydroxylation is 1. The van der Waals surface area contributed by atoms with Crippen molar-refractivity contribution in [3.8, 4) is 5.75 Å². The van der Waals surface area contributed by atoms with Crippen LogP contribution in [0.25, 0.3) is 10.8 Å². The zero-order valence-corrected chi connectivity index (χ0v) is 17.8. The van der Waals surface area contributed by atoms with Gasteiger partial charge < -0.3 is 15.0 Å². The van der Waals surface area contributed by atoms with Crippen LogP contribution >= 0.6 is 0 Å². The molecule has 7 heteroatoms. The lowest BCUT2D eigenvalue weighted by atomic mass is 10.1. The molecule has 1 N–H and O–H groups in total. The number of carbonyl (C=O) groups is 1. The molecule has 0 bridgehead atoms. The topological polar surface area (TPSA) is 76.5 Å². The second-order valence-corrected chi connectivity index (χ2v) is 7.95. The molecule has 1 aliphatic heterocycles. The zero-order valence-electron chi connectivity index (χ0n) is 17.8. The van der Waals surface area contributed by atoms with E-state index < -0.39 is 0 Å². The zero-order chi connectivity index (χ0) is 21.6. The summed E-state index contributed by atoms with van der Waals surface area (Å²) in [6.07, 6.45) is 2.42. The van der Waals surface area contributed by atoms with E-state index in [0.717, 1.165) is 30.6 Å². The molecule has 2 heterocycles. The average Bonchev–Trinajstić information content (AvgIpc) is 3.30. The van der Waals surface area contributed by atoms with Gasteiger partial charge in [0.2, 0.25) is 0 Å². The molecule has 0 aliphatic carbocycles. The number of rotatable bonds is 8. The minimum Gasteiger partial charge on any atom is -0.484 e. The van der Waals surface area contributed by atoms with E-state index in [2.05, 4.69) is 15.3 Å². The number of hydrogen-bond donors (Lipinski definition) is 1. The fourth-order valence-electron chi connectivity index (χ4n) is 3.92. The van der Waals surface area contributed by atoms with Gasteiger partial charge in [0.15, 0.2) is 6.61 Å². The number of ether oxygens (including phenoxy) is 1. The fraction of sp³-hybridized carbons (Fsp3) is 0.375. The third kappa shape index (κ3) is 5.30. The first kappa shape index (κ1) is 21.1. The van der Waals surface area contributed by atoms with Crippen LogP contribution in [-0.2, 0) is 17.9 Å². The number of hydrogen-bond acceptors (Lipinski definition) is 5. The largest absolute Gasteiger partial charge is 0.484 e. The molecule has 1 saturated heterocycles. The lowest BCUT2D eigenvalue weighted by Crippen LogP contribution is -2.33. The van der Waals surface area contributed by atoms with Gasteiger partial charge in [-0.1, -0.05) is 30.3 Å². The number of aromatic nitrogens is 2. The summed E-state index contributed by atoms with van der Waals surface area (Å²) >= 11 is 0. The summed E-state index contributed by atoms with van der Waals surface area (Å²) in [7, 11) is 0. The highest BCUT2D eigenvalue weighted by molar-refractivity contribution is 5.84. The number of benzene rings is 2. The third-order valence-corrected chi connectivity index (χ3v) is 5.58. The van der Waals surface area contributed by atoms with Gasteiger partial charge in [-0.3, -0.25) is 9.59 Å². The Labute approximate surface area is 181 Å². The maximum absolute atomic E-state index is 12.9. The van der Waals surface area contributed by atoms with E-state index in [1.165, 1.54) is 17.5 Å². The summed E-state index contributed by atoms with van der Waals surface area (Å²) in [6, 6.07) is 15.0. The monoisotopic (exact) mass is 420 g/mol. The van der Waals surface area contributed by atoms with Gasteiger partial charge >= 0.3 is 0 Å². The fourth-order valence-corrected chi connectivity index (χ4v) is 3.92. The summed E-state index contributed by atoms with van der Waals surface area (Å²) < 4.78 is 7.10. The molecule has 0 unspecified atom stereocenters. The van der Waals surface area contributed by atoms with E-state index in [0.29, 0.717) is 23.4 Å². The summed E-state index contributed by atoms with van der Waals surface area (Å²) in [5.41, 5.74) is 1.66. The SMILES string of the molecule is Cc1cccc(OCC(=O)NCc2nn(CCN3CCCC3)c(=O)c3ccccc23)c1.